The van der Waals surface area contributed by atoms with Crippen molar-refractivity contribution >= 4 is 15.9 Å². The number of nitrogens with one attached hydrogen (secondary N) is 1. The predicted octanol–water partition coefficient (Wildman–Crippen LogP) is 3.16. The summed E-state index contributed by atoms with van der Waals surface area (Å²) in [5.41, 5.74) is 4.06. The molecule has 0 heterocycles. The maximum atomic E-state index is 13.6. The van der Waals surface area contributed by atoms with Crippen LogP contribution < -0.4 is 20.7 Å². The Morgan fingerprint density at radius 1 is 1.14 bits per heavy atom. The normalized spacial score (nSPS) is 12.0. The van der Waals surface area contributed by atoms with E-state index in [1.165, 1.54) is 12.1 Å². The minimum Gasteiger partial charge on any atom is -0.496 e. The summed E-state index contributed by atoms with van der Waals surface area (Å²) in [4.78, 5) is 0. The molecule has 0 aliphatic carbocycles. The van der Waals surface area contributed by atoms with Crippen molar-refractivity contribution in [3.63, 3.8) is 0 Å². The van der Waals surface area contributed by atoms with Crippen LogP contribution in [0.3, 0.4) is 0 Å². The Bertz CT molecular complexity index is 595. The van der Waals surface area contributed by atoms with Crippen molar-refractivity contribution in [2.75, 3.05) is 14.2 Å². The second kappa shape index (κ2) is 6.89. The van der Waals surface area contributed by atoms with E-state index in [0.717, 1.165) is 0 Å². The van der Waals surface area contributed by atoms with Gasteiger partial charge < -0.3 is 9.47 Å². The largest absolute Gasteiger partial charge is 0.496 e. The summed E-state index contributed by atoms with van der Waals surface area (Å²) in [5.74, 6) is 6.55. The molecule has 0 aromatic heterocycles. The molecule has 0 amide bonds. The van der Waals surface area contributed by atoms with Crippen molar-refractivity contribution in [3.8, 4) is 11.5 Å². The highest BCUT2D eigenvalue weighted by Crippen LogP contribution is 2.37. The first kappa shape index (κ1) is 15.8. The van der Waals surface area contributed by atoms with Gasteiger partial charge in [0.05, 0.1) is 25.8 Å². The Hall–Kier alpha value is -1.63. The van der Waals surface area contributed by atoms with Crippen LogP contribution in [0.1, 0.15) is 17.2 Å². The van der Waals surface area contributed by atoms with E-state index in [4.69, 9.17) is 15.3 Å². The van der Waals surface area contributed by atoms with Crippen LogP contribution in [0.4, 0.5) is 4.39 Å². The number of hydrogen-bond acceptors (Lipinski definition) is 4. The van der Waals surface area contributed by atoms with Crippen LogP contribution in [0.25, 0.3) is 0 Å². The van der Waals surface area contributed by atoms with Crippen LogP contribution in [0, 0.1) is 5.82 Å². The smallest absolute Gasteiger partial charge is 0.127 e. The summed E-state index contributed by atoms with van der Waals surface area (Å²) in [5, 5.41) is 0. The van der Waals surface area contributed by atoms with Gasteiger partial charge in [-0.3, -0.25) is 5.84 Å². The van der Waals surface area contributed by atoms with Crippen LogP contribution in [-0.2, 0) is 0 Å². The Labute approximate surface area is 131 Å². The van der Waals surface area contributed by atoms with Crippen LogP contribution in [0.15, 0.2) is 40.9 Å². The minimum absolute atomic E-state index is 0.353. The number of rotatable bonds is 5. The molecule has 6 heteroatoms. The lowest BCUT2D eigenvalue weighted by Crippen LogP contribution is -2.29. The van der Waals surface area contributed by atoms with Gasteiger partial charge >= 0.3 is 0 Å². The van der Waals surface area contributed by atoms with Gasteiger partial charge in [-0.15, -0.1) is 0 Å². The summed E-state index contributed by atoms with van der Waals surface area (Å²) < 4.78 is 25.0. The summed E-state index contributed by atoms with van der Waals surface area (Å²) in [6.45, 7) is 0. The quantitative estimate of drug-likeness (QED) is 0.639. The van der Waals surface area contributed by atoms with Crippen LogP contribution in [0.5, 0.6) is 11.5 Å². The average Bonchev–Trinajstić information content (AvgIpc) is 2.47. The number of hydrazine groups is 1. The Morgan fingerprint density at radius 3 is 2.24 bits per heavy atom. The molecular weight excluding hydrogens is 339 g/mol. The maximum Gasteiger partial charge on any atom is 0.127 e. The Balaban J connectivity index is 2.60. The molecule has 21 heavy (non-hydrogen) atoms. The standard InChI is InChI=1S/C15H16BrFN2O2/c1-20-12-4-3-5-13(21-2)14(12)15(19-18)9-6-10(16)8-11(17)7-9/h3-8,15,19H,18H2,1-2H3. The fourth-order valence-electron chi connectivity index (χ4n) is 2.25. The van der Waals surface area contributed by atoms with E-state index in [1.54, 1.807) is 32.4 Å². The number of nitrogens with two attached hydrogens (primary N) is 1. The molecule has 0 bridgehead atoms. The van der Waals surface area contributed by atoms with Gasteiger partial charge in [-0.05, 0) is 35.9 Å². The van der Waals surface area contributed by atoms with Crippen molar-refractivity contribution in [1.82, 2.24) is 5.43 Å². The molecule has 0 spiro atoms. The van der Waals surface area contributed by atoms with Crippen LogP contribution in [-0.4, -0.2) is 14.2 Å². The lowest BCUT2D eigenvalue weighted by molar-refractivity contribution is 0.377. The van der Waals surface area contributed by atoms with E-state index < -0.39 is 6.04 Å². The highest BCUT2D eigenvalue weighted by Gasteiger charge is 2.22. The Kier molecular flexibility index (Phi) is 5.17. The Morgan fingerprint density at radius 2 is 1.76 bits per heavy atom. The highest BCUT2D eigenvalue weighted by atomic mass is 79.9. The van der Waals surface area contributed by atoms with Crippen molar-refractivity contribution in [3.05, 3.63) is 57.8 Å². The zero-order valence-electron chi connectivity index (χ0n) is 11.7. The maximum absolute atomic E-state index is 13.6. The van der Waals surface area contributed by atoms with Gasteiger partial charge in [0.15, 0.2) is 0 Å². The van der Waals surface area contributed by atoms with E-state index in [0.29, 0.717) is 27.1 Å². The number of methoxy groups -OCH3 is 2. The van der Waals surface area contributed by atoms with Gasteiger partial charge in [-0.1, -0.05) is 22.0 Å². The molecule has 2 rings (SSSR count). The molecule has 112 valence electrons. The zero-order chi connectivity index (χ0) is 15.4. The molecule has 2 aromatic carbocycles. The molecule has 0 fully saturated rings. The van der Waals surface area contributed by atoms with Gasteiger partial charge in [0.2, 0.25) is 0 Å². The lowest BCUT2D eigenvalue weighted by Gasteiger charge is -2.22. The molecule has 4 nitrogen and oxygen atoms in total. The van der Waals surface area contributed by atoms with E-state index in [-0.39, 0.29) is 5.82 Å². The third kappa shape index (κ3) is 3.34. The summed E-state index contributed by atoms with van der Waals surface area (Å²) >= 11 is 3.28. The van der Waals surface area contributed by atoms with E-state index >= 15 is 0 Å². The number of hydrogen-bond donors (Lipinski definition) is 2. The molecule has 0 aliphatic rings. The number of ether oxygens (including phenoxy) is 2. The fourth-order valence-corrected chi connectivity index (χ4v) is 2.74. The van der Waals surface area contributed by atoms with Gasteiger partial charge in [-0.2, -0.15) is 0 Å². The molecule has 0 radical (unpaired) electrons. The van der Waals surface area contributed by atoms with Gasteiger partial charge in [0.25, 0.3) is 0 Å². The van der Waals surface area contributed by atoms with Crippen molar-refractivity contribution in [1.29, 1.82) is 0 Å². The molecule has 0 aliphatic heterocycles. The van der Waals surface area contributed by atoms with E-state index in [1.807, 2.05) is 6.07 Å². The van der Waals surface area contributed by atoms with E-state index in [2.05, 4.69) is 21.4 Å². The van der Waals surface area contributed by atoms with Crippen LogP contribution >= 0.6 is 15.9 Å². The highest BCUT2D eigenvalue weighted by molar-refractivity contribution is 9.10. The fraction of sp³-hybridized carbons (Fsp3) is 0.200. The first-order valence-corrected chi connectivity index (χ1v) is 7.03. The first-order chi connectivity index (χ1) is 10.1. The molecule has 1 unspecified atom stereocenters. The van der Waals surface area contributed by atoms with Crippen molar-refractivity contribution < 1.29 is 13.9 Å². The molecule has 1 atom stereocenters. The number of halogens is 2. The van der Waals surface area contributed by atoms with Crippen molar-refractivity contribution in [2.24, 2.45) is 5.84 Å². The van der Waals surface area contributed by atoms with Gasteiger partial charge in [-0.25, -0.2) is 9.82 Å². The average molecular weight is 355 g/mol. The number of benzene rings is 2. The summed E-state index contributed by atoms with van der Waals surface area (Å²) in [6, 6.07) is 9.55. The SMILES string of the molecule is COc1cccc(OC)c1C(NN)c1cc(F)cc(Br)c1. The van der Waals surface area contributed by atoms with Crippen molar-refractivity contribution in [2.45, 2.75) is 6.04 Å². The third-order valence-electron chi connectivity index (χ3n) is 3.14. The summed E-state index contributed by atoms with van der Waals surface area (Å²) in [6.07, 6.45) is 0. The monoisotopic (exact) mass is 354 g/mol. The van der Waals surface area contributed by atoms with E-state index in [9.17, 15) is 4.39 Å². The van der Waals surface area contributed by atoms with Crippen LogP contribution in [0.2, 0.25) is 0 Å². The predicted molar refractivity (Wildman–Crippen MR) is 82.8 cm³/mol. The second-order valence-electron chi connectivity index (χ2n) is 4.38. The second-order valence-corrected chi connectivity index (χ2v) is 5.29. The molecule has 0 saturated heterocycles. The molecule has 0 saturated carbocycles. The van der Waals surface area contributed by atoms with Gasteiger partial charge in [0.1, 0.15) is 17.3 Å². The zero-order valence-corrected chi connectivity index (χ0v) is 13.3. The minimum atomic E-state index is -0.469. The third-order valence-corrected chi connectivity index (χ3v) is 3.60. The molecule has 2 aromatic rings. The van der Waals surface area contributed by atoms with Gasteiger partial charge in [0, 0.05) is 4.47 Å². The molecule has 3 N–H and O–H groups in total. The first-order valence-electron chi connectivity index (χ1n) is 6.23. The molecular formula is C15H16BrFN2O2. The lowest BCUT2D eigenvalue weighted by atomic mass is 9.97. The topological polar surface area (TPSA) is 56.5 Å². The summed E-state index contributed by atoms with van der Waals surface area (Å²) in [7, 11) is 3.13.